The largest absolute Gasteiger partial charge is 0.364 e. The highest BCUT2D eigenvalue weighted by atomic mass is 19.3. The van der Waals surface area contributed by atoms with E-state index in [9.17, 15) is 8.78 Å². The SMILES string of the molecule is CCOC(C)N1CCC(F)(F)C1. The Morgan fingerprint density at radius 2 is 2.25 bits per heavy atom. The van der Waals surface area contributed by atoms with Crippen LogP contribution >= 0.6 is 0 Å². The van der Waals surface area contributed by atoms with Crippen molar-refractivity contribution in [2.24, 2.45) is 0 Å². The second-order valence-electron chi connectivity index (χ2n) is 3.13. The molecule has 72 valence electrons. The summed E-state index contributed by atoms with van der Waals surface area (Å²) in [5.74, 6) is -2.51. The molecule has 1 unspecified atom stereocenters. The first-order valence-corrected chi connectivity index (χ1v) is 4.28. The zero-order valence-corrected chi connectivity index (χ0v) is 7.52. The van der Waals surface area contributed by atoms with Crippen LogP contribution in [0.2, 0.25) is 0 Å². The average Bonchev–Trinajstić information content (AvgIpc) is 2.31. The zero-order valence-electron chi connectivity index (χ0n) is 7.52. The molecule has 1 rings (SSSR count). The van der Waals surface area contributed by atoms with E-state index in [0.29, 0.717) is 13.2 Å². The Bertz CT molecular complexity index is 152. The van der Waals surface area contributed by atoms with E-state index in [0.717, 1.165) is 0 Å². The highest BCUT2D eigenvalue weighted by molar-refractivity contribution is 4.82. The van der Waals surface area contributed by atoms with Crippen molar-refractivity contribution in [3.05, 3.63) is 0 Å². The summed E-state index contributed by atoms with van der Waals surface area (Å²) in [5, 5.41) is 0. The first-order valence-electron chi connectivity index (χ1n) is 4.28. The molecule has 0 aromatic rings. The van der Waals surface area contributed by atoms with Gasteiger partial charge >= 0.3 is 0 Å². The van der Waals surface area contributed by atoms with Gasteiger partial charge in [0.2, 0.25) is 0 Å². The third kappa shape index (κ3) is 2.38. The lowest BCUT2D eigenvalue weighted by molar-refractivity contribution is -0.0550. The van der Waals surface area contributed by atoms with E-state index in [1.54, 1.807) is 4.90 Å². The standard InChI is InChI=1S/C8H15F2NO/c1-3-12-7(2)11-5-4-8(9,10)6-11/h7H,3-6H2,1-2H3. The number of likely N-dealkylation sites (tertiary alicyclic amines) is 1. The zero-order chi connectivity index (χ0) is 9.19. The average molecular weight is 179 g/mol. The lowest BCUT2D eigenvalue weighted by Gasteiger charge is -2.23. The second kappa shape index (κ2) is 3.66. The Morgan fingerprint density at radius 3 is 2.67 bits per heavy atom. The Hall–Kier alpha value is -0.220. The molecule has 1 atom stereocenters. The van der Waals surface area contributed by atoms with Crippen molar-refractivity contribution < 1.29 is 13.5 Å². The lowest BCUT2D eigenvalue weighted by Crippen LogP contribution is -2.35. The molecule has 0 N–H and O–H groups in total. The maximum absolute atomic E-state index is 12.7. The van der Waals surface area contributed by atoms with Gasteiger partial charge in [0.05, 0.1) is 6.54 Å². The van der Waals surface area contributed by atoms with E-state index in [1.807, 2.05) is 13.8 Å². The summed E-state index contributed by atoms with van der Waals surface area (Å²) in [6.07, 6.45) is -0.215. The van der Waals surface area contributed by atoms with Crippen molar-refractivity contribution in [3.8, 4) is 0 Å². The van der Waals surface area contributed by atoms with Crippen molar-refractivity contribution in [2.75, 3.05) is 19.7 Å². The minimum absolute atomic E-state index is 0.0373. The normalized spacial score (nSPS) is 26.0. The molecule has 1 fully saturated rings. The van der Waals surface area contributed by atoms with Gasteiger partial charge in [0.25, 0.3) is 5.92 Å². The molecule has 1 aliphatic rings. The Morgan fingerprint density at radius 1 is 1.58 bits per heavy atom. The maximum atomic E-state index is 12.7. The summed E-state index contributed by atoms with van der Waals surface area (Å²) < 4.78 is 30.6. The molecule has 0 aromatic carbocycles. The van der Waals surface area contributed by atoms with E-state index in [2.05, 4.69) is 0 Å². The van der Waals surface area contributed by atoms with Crippen LogP contribution in [0.25, 0.3) is 0 Å². The molecule has 0 amide bonds. The third-order valence-corrected chi connectivity index (χ3v) is 2.12. The number of hydrogen-bond donors (Lipinski definition) is 0. The Balaban J connectivity index is 2.36. The van der Waals surface area contributed by atoms with Gasteiger partial charge in [0.1, 0.15) is 6.23 Å². The van der Waals surface area contributed by atoms with E-state index < -0.39 is 5.92 Å². The molecule has 2 nitrogen and oxygen atoms in total. The van der Waals surface area contributed by atoms with Gasteiger partial charge in [-0.3, -0.25) is 4.90 Å². The predicted molar refractivity (Wildman–Crippen MR) is 42.2 cm³/mol. The summed E-state index contributed by atoms with van der Waals surface area (Å²) >= 11 is 0. The summed E-state index contributed by atoms with van der Waals surface area (Å²) in [6.45, 7) is 4.53. The molecular formula is C8H15F2NO. The number of alkyl halides is 2. The third-order valence-electron chi connectivity index (χ3n) is 2.12. The molecular weight excluding hydrogens is 164 g/mol. The lowest BCUT2D eigenvalue weighted by atomic mass is 10.3. The van der Waals surface area contributed by atoms with Crippen LogP contribution in [0.3, 0.4) is 0 Å². The monoisotopic (exact) mass is 179 g/mol. The van der Waals surface area contributed by atoms with Crippen molar-refractivity contribution in [2.45, 2.75) is 32.4 Å². The van der Waals surface area contributed by atoms with Crippen molar-refractivity contribution in [1.29, 1.82) is 0 Å². The quantitative estimate of drug-likeness (QED) is 0.654. The van der Waals surface area contributed by atoms with E-state index in [-0.39, 0.29) is 19.2 Å². The molecule has 0 aliphatic carbocycles. The molecule has 0 bridgehead atoms. The number of ether oxygens (including phenoxy) is 1. The van der Waals surface area contributed by atoms with Gasteiger partial charge in [-0.2, -0.15) is 0 Å². The van der Waals surface area contributed by atoms with E-state index in [4.69, 9.17) is 4.74 Å². The van der Waals surface area contributed by atoms with Crippen LogP contribution < -0.4 is 0 Å². The van der Waals surface area contributed by atoms with E-state index in [1.165, 1.54) is 0 Å². The van der Waals surface area contributed by atoms with Crippen molar-refractivity contribution >= 4 is 0 Å². The molecule has 1 saturated heterocycles. The van der Waals surface area contributed by atoms with Crippen LogP contribution in [0.5, 0.6) is 0 Å². The molecule has 1 aliphatic heterocycles. The Labute approximate surface area is 71.5 Å². The molecule has 0 spiro atoms. The Kier molecular flexibility index (Phi) is 3.01. The van der Waals surface area contributed by atoms with Gasteiger partial charge in [-0.15, -0.1) is 0 Å². The minimum Gasteiger partial charge on any atom is -0.364 e. The second-order valence-corrected chi connectivity index (χ2v) is 3.13. The number of hydrogen-bond acceptors (Lipinski definition) is 2. The predicted octanol–water partition coefficient (Wildman–Crippen LogP) is 1.71. The fraction of sp³-hybridized carbons (Fsp3) is 1.00. The van der Waals surface area contributed by atoms with Gasteiger partial charge in [-0.25, -0.2) is 8.78 Å². The van der Waals surface area contributed by atoms with E-state index >= 15 is 0 Å². The molecule has 0 saturated carbocycles. The molecule has 0 radical (unpaired) electrons. The number of halogens is 2. The van der Waals surface area contributed by atoms with Gasteiger partial charge in [-0.1, -0.05) is 0 Å². The molecule has 12 heavy (non-hydrogen) atoms. The van der Waals surface area contributed by atoms with Crippen LogP contribution in [0, 0.1) is 0 Å². The van der Waals surface area contributed by atoms with Gasteiger partial charge < -0.3 is 4.74 Å². The summed E-state index contributed by atoms with van der Waals surface area (Å²) in [7, 11) is 0. The first-order chi connectivity index (χ1) is 5.55. The highest BCUT2D eigenvalue weighted by Gasteiger charge is 2.39. The molecule has 0 aromatic heterocycles. The van der Waals surface area contributed by atoms with Crippen LogP contribution in [0.4, 0.5) is 8.78 Å². The fourth-order valence-corrected chi connectivity index (χ4v) is 1.42. The van der Waals surface area contributed by atoms with Crippen molar-refractivity contribution in [3.63, 3.8) is 0 Å². The van der Waals surface area contributed by atoms with Gasteiger partial charge in [-0.05, 0) is 13.8 Å². The van der Waals surface area contributed by atoms with Crippen LogP contribution in [0.15, 0.2) is 0 Å². The van der Waals surface area contributed by atoms with Crippen molar-refractivity contribution in [1.82, 2.24) is 4.90 Å². The smallest absolute Gasteiger partial charge is 0.261 e. The minimum atomic E-state index is -2.51. The number of nitrogens with zero attached hydrogens (tertiary/aromatic N) is 1. The summed E-state index contributed by atoms with van der Waals surface area (Å²) in [4.78, 5) is 1.67. The molecule has 1 heterocycles. The van der Waals surface area contributed by atoms with Gasteiger partial charge in [0, 0.05) is 19.6 Å². The molecule has 4 heteroatoms. The first kappa shape index (κ1) is 9.86. The topological polar surface area (TPSA) is 12.5 Å². The van der Waals surface area contributed by atoms with Gasteiger partial charge in [0.15, 0.2) is 0 Å². The van der Waals surface area contributed by atoms with Crippen LogP contribution in [-0.4, -0.2) is 36.7 Å². The van der Waals surface area contributed by atoms with Crippen LogP contribution in [0.1, 0.15) is 20.3 Å². The number of rotatable bonds is 3. The maximum Gasteiger partial charge on any atom is 0.261 e. The fourth-order valence-electron chi connectivity index (χ4n) is 1.42. The highest BCUT2D eigenvalue weighted by Crippen LogP contribution is 2.28. The summed E-state index contributed by atoms with van der Waals surface area (Å²) in [5.41, 5.74) is 0. The van der Waals surface area contributed by atoms with Crippen LogP contribution in [-0.2, 0) is 4.74 Å². The summed E-state index contributed by atoms with van der Waals surface area (Å²) in [6, 6.07) is 0.